The molecule has 0 aromatic heterocycles. The molecule has 1 aliphatic heterocycles. The van der Waals surface area contributed by atoms with E-state index in [-0.39, 0.29) is 0 Å². The van der Waals surface area contributed by atoms with E-state index in [1.807, 2.05) is 6.07 Å². The summed E-state index contributed by atoms with van der Waals surface area (Å²) in [5, 5.41) is 1.56. The lowest BCUT2D eigenvalue weighted by Crippen LogP contribution is -2.27. The molecule has 1 saturated heterocycles. The molecule has 0 radical (unpaired) electrons. The number of anilines is 2. The molecule has 0 bridgehead atoms. The third kappa shape index (κ3) is 4.42. The van der Waals surface area contributed by atoms with Gasteiger partial charge in [0.05, 0.1) is 10.1 Å². The lowest BCUT2D eigenvalue weighted by atomic mass is 9.94. The molecule has 0 N–H and O–H groups in total. The van der Waals surface area contributed by atoms with Crippen LogP contribution in [-0.4, -0.2) is 13.1 Å². The summed E-state index contributed by atoms with van der Waals surface area (Å²) in [4.78, 5) is 5.01. The predicted molar refractivity (Wildman–Crippen MR) is 172 cm³/mol. The van der Waals surface area contributed by atoms with Crippen molar-refractivity contribution in [3.63, 3.8) is 0 Å². The van der Waals surface area contributed by atoms with Gasteiger partial charge < -0.3 is 9.80 Å². The summed E-state index contributed by atoms with van der Waals surface area (Å²) >= 11 is 14.6. The van der Waals surface area contributed by atoms with Crippen LogP contribution in [0.4, 0.5) is 11.4 Å². The summed E-state index contributed by atoms with van der Waals surface area (Å²) < 4.78 is 0. The zero-order valence-electron chi connectivity index (χ0n) is 24.3. The van der Waals surface area contributed by atoms with E-state index >= 15 is 0 Å². The molecule has 0 spiro atoms. The van der Waals surface area contributed by atoms with Gasteiger partial charge in [0.25, 0.3) is 0 Å². The third-order valence-corrected chi connectivity index (χ3v) is 9.31. The highest BCUT2D eigenvalue weighted by molar-refractivity contribution is 6.40. The van der Waals surface area contributed by atoms with Crippen LogP contribution >= 0.6 is 23.2 Å². The molecule has 2 nitrogen and oxygen atoms in total. The van der Waals surface area contributed by atoms with Gasteiger partial charge >= 0.3 is 0 Å². The Balaban J connectivity index is 1.58. The summed E-state index contributed by atoms with van der Waals surface area (Å²) in [7, 11) is 0. The highest BCUT2D eigenvalue weighted by atomic mass is 35.5. The van der Waals surface area contributed by atoms with Gasteiger partial charge in [0.15, 0.2) is 0 Å². The van der Waals surface area contributed by atoms with Crippen molar-refractivity contribution in [1.82, 2.24) is 0 Å². The highest BCUT2D eigenvalue weighted by Gasteiger charge is 2.37. The van der Waals surface area contributed by atoms with Gasteiger partial charge in [-0.1, -0.05) is 95.0 Å². The van der Waals surface area contributed by atoms with Gasteiger partial charge in [0.2, 0.25) is 0 Å². The fraction of sp³-hybridized carbons (Fsp3) is 0.278. The number of hydrogen-bond donors (Lipinski definition) is 0. The Morgan fingerprint density at radius 2 is 1.12 bits per heavy atom. The summed E-state index contributed by atoms with van der Waals surface area (Å²) in [5.41, 5.74) is 16.0. The van der Waals surface area contributed by atoms with E-state index < -0.39 is 0 Å². The molecule has 1 heterocycles. The molecule has 204 valence electrons. The first kappa shape index (κ1) is 27.0. The quantitative estimate of drug-likeness (QED) is 0.311. The molecule has 0 atom stereocenters. The van der Waals surface area contributed by atoms with E-state index in [9.17, 15) is 0 Å². The molecular weight excluding hydrogens is 531 g/mol. The van der Waals surface area contributed by atoms with E-state index in [4.69, 9.17) is 23.2 Å². The van der Waals surface area contributed by atoms with Crippen molar-refractivity contribution in [3.8, 4) is 0 Å². The van der Waals surface area contributed by atoms with Gasteiger partial charge in [0.1, 0.15) is 5.82 Å². The Hall–Kier alpha value is -3.20. The van der Waals surface area contributed by atoms with Crippen LogP contribution in [0.5, 0.6) is 0 Å². The second-order valence-electron chi connectivity index (χ2n) is 11.6. The Kier molecular flexibility index (Phi) is 6.97. The molecule has 6 rings (SSSR count). The molecule has 40 heavy (non-hydrogen) atoms. The summed E-state index contributed by atoms with van der Waals surface area (Å²) in [6.07, 6.45) is 3.94. The van der Waals surface area contributed by atoms with Crippen LogP contribution < -0.4 is 9.80 Å². The van der Waals surface area contributed by atoms with E-state index in [1.165, 1.54) is 56.1 Å². The van der Waals surface area contributed by atoms with Gasteiger partial charge in [0, 0.05) is 35.6 Å². The zero-order chi connectivity index (χ0) is 28.3. The molecule has 0 unspecified atom stereocenters. The lowest BCUT2D eigenvalue weighted by Gasteiger charge is -2.33. The largest absolute Gasteiger partial charge is 0.325 e. The Labute approximate surface area is 248 Å². The van der Waals surface area contributed by atoms with Gasteiger partial charge in [-0.3, -0.25) is 0 Å². The average molecular weight is 568 g/mol. The minimum Gasteiger partial charge on any atom is -0.325 e. The average Bonchev–Trinajstić information content (AvgIpc) is 3.45. The number of halogens is 2. The fourth-order valence-corrected chi connectivity index (χ4v) is 7.92. The number of aryl methyl sites for hydroxylation is 6. The predicted octanol–water partition coefficient (Wildman–Crippen LogP) is 9.95. The number of rotatable bonds is 3. The Bertz CT molecular complexity index is 1560. The minimum atomic E-state index is 0.778. The lowest BCUT2D eigenvalue weighted by molar-refractivity contribution is 0.993. The number of allylic oxidation sites excluding steroid dienone is 7. The van der Waals surface area contributed by atoms with E-state index in [2.05, 4.69) is 106 Å². The monoisotopic (exact) mass is 566 g/mol. The molecule has 1 fully saturated rings. The van der Waals surface area contributed by atoms with Crippen LogP contribution in [0.3, 0.4) is 0 Å². The van der Waals surface area contributed by atoms with Gasteiger partial charge in [-0.25, -0.2) is 0 Å². The maximum absolute atomic E-state index is 7.44. The van der Waals surface area contributed by atoms with Crippen LogP contribution in [0, 0.1) is 41.5 Å². The number of benzene rings is 3. The van der Waals surface area contributed by atoms with Crippen molar-refractivity contribution >= 4 is 40.1 Å². The normalized spacial score (nSPS) is 17.4. The van der Waals surface area contributed by atoms with E-state index in [1.54, 1.807) is 0 Å². The fourth-order valence-electron chi connectivity index (χ4n) is 7.10. The number of fused-ring (bicyclic) bond motifs is 1. The van der Waals surface area contributed by atoms with Crippen molar-refractivity contribution in [2.45, 2.75) is 54.4 Å². The molecule has 3 aromatic rings. The Morgan fingerprint density at radius 3 is 1.62 bits per heavy atom. The summed E-state index contributed by atoms with van der Waals surface area (Å²) in [6.45, 7) is 15.0. The van der Waals surface area contributed by atoms with Crippen LogP contribution in [-0.2, 0) is 0 Å². The molecule has 3 aromatic carbocycles. The van der Waals surface area contributed by atoms with E-state index in [0.29, 0.717) is 0 Å². The minimum absolute atomic E-state index is 0.778. The van der Waals surface area contributed by atoms with Crippen molar-refractivity contribution in [2.24, 2.45) is 0 Å². The maximum atomic E-state index is 7.44. The van der Waals surface area contributed by atoms with Crippen LogP contribution in [0.25, 0.3) is 5.57 Å². The Morgan fingerprint density at radius 1 is 0.625 bits per heavy atom. The molecule has 0 amide bonds. The van der Waals surface area contributed by atoms with Crippen LogP contribution in [0.2, 0.25) is 0 Å². The second kappa shape index (κ2) is 10.3. The molecule has 4 heteroatoms. The standard InChI is InChI=1S/C36H36Cl2N2/c1-21-16-23(3)34(24(4)17-21)39-14-15-40(35-25(5)18-22(2)19-26(35)6)36(39)29-13-12-28-20-30(27-10-8-7-9-11-27)33(38)31(28)32(29)37/h7-12,16-19H,13-15,20H2,1-6H3. The third-order valence-electron chi connectivity index (χ3n) is 8.47. The zero-order valence-corrected chi connectivity index (χ0v) is 25.8. The maximum Gasteiger partial charge on any atom is 0.118 e. The highest BCUT2D eigenvalue weighted by Crippen LogP contribution is 2.51. The van der Waals surface area contributed by atoms with Crippen molar-refractivity contribution in [3.05, 3.63) is 132 Å². The van der Waals surface area contributed by atoms with Crippen LogP contribution in [0.1, 0.15) is 51.8 Å². The van der Waals surface area contributed by atoms with E-state index in [0.717, 1.165) is 58.3 Å². The van der Waals surface area contributed by atoms with Gasteiger partial charge in [-0.05, 0) is 93.3 Å². The second-order valence-corrected chi connectivity index (χ2v) is 12.3. The summed E-state index contributed by atoms with van der Waals surface area (Å²) in [5.74, 6) is 1.18. The van der Waals surface area contributed by atoms with Gasteiger partial charge in [-0.15, -0.1) is 0 Å². The first-order chi connectivity index (χ1) is 19.2. The molecular formula is C36H36Cl2N2. The summed E-state index contributed by atoms with van der Waals surface area (Å²) in [6, 6.07) is 19.6. The first-order valence-corrected chi connectivity index (χ1v) is 14.9. The van der Waals surface area contributed by atoms with Crippen LogP contribution in [0.15, 0.2) is 93.3 Å². The van der Waals surface area contributed by atoms with Crippen molar-refractivity contribution in [2.75, 3.05) is 22.9 Å². The number of hydrogen-bond acceptors (Lipinski definition) is 2. The smallest absolute Gasteiger partial charge is 0.118 e. The number of nitrogens with zero attached hydrogens (tertiary/aromatic N) is 2. The first-order valence-electron chi connectivity index (χ1n) is 14.1. The van der Waals surface area contributed by atoms with Gasteiger partial charge in [-0.2, -0.15) is 0 Å². The van der Waals surface area contributed by atoms with Crippen molar-refractivity contribution < 1.29 is 0 Å². The van der Waals surface area contributed by atoms with Crippen molar-refractivity contribution in [1.29, 1.82) is 0 Å². The molecule has 3 aliphatic rings. The molecule has 2 aliphatic carbocycles. The SMILES string of the molecule is Cc1cc(C)c(N2CCN(c3c(C)cc(C)cc3C)C2=C2CC=C3CC(c4ccccc4)=C(Cl)C3=C2Cl)c(C)c1. The molecule has 0 saturated carbocycles. The topological polar surface area (TPSA) is 6.48 Å².